The second kappa shape index (κ2) is 6.19. The van der Waals surface area contributed by atoms with Crippen molar-refractivity contribution in [2.24, 2.45) is 11.8 Å². The fourth-order valence-electron chi connectivity index (χ4n) is 3.00. The van der Waals surface area contributed by atoms with Crippen LogP contribution in [-0.4, -0.2) is 18.1 Å². The van der Waals surface area contributed by atoms with Crippen molar-refractivity contribution in [3.63, 3.8) is 0 Å². The molecule has 0 aromatic carbocycles. The van der Waals surface area contributed by atoms with Crippen molar-refractivity contribution in [1.82, 2.24) is 10.3 Å². The summed E-state index contributed by atoms with van der Waals surface area (Å²) in [4.78, 5) is 4.18. The Balaban J connectivity index is 2.04. The summed E-state index contributed by atoms with van der Waals surface area (Å²) in [5.41, 5.74) is 1.19. The molecule has 0 spiro atoms. The molecule has 0 bridgehead atoms. The van der Waals surface area contributed by atoms with Crippen LogP contribution in [0.5, 0.6) is 5.75 Å². The number of nitrogens with one attached hydrogen (secondary N) is 1. The van der Waals surface area contributed by atoms with E-state index in [0.29, 0.717) is 6.10 Å². The maximum atomic E-state index is 6.18. The molecule has 0 amide bonds. The largest absolute Gasteiger partial charge is 0.488 e. The molecule has 1 aromatic rings. The first-order valence-corrected chi connectivity index (χ1v) is 6.93. The Hall–Kier alpha value is -1.09. The molecule has 1 N–H and O–H groups in total. The van der Waals surface area contributed by atoms with Gasteiger partial charge in [-0.25, -0.2) is 0 Å². The van der Waals surface area contributed by atoms with E-state index >= 15 is 0 Å². The third kappa shape index (κ3) is 3.45. The molecule has 1 aliphatic rings. The Kier molecular flexibility index (Phi) is 4.59. The van der Waals surface area contributed by atoms with Crippen molar-refractivity contribution >= 4 is 0 Å². The highest BCUT2D eigenvalue weighted by atomic mass is 16.5. The molecule has 0 radical (unpaired) electrons. The summed E-state index contributed by atoms with van der Waals surface area (Å²) < 4.78 is 6.18. The molecule has 2 unspecified atom stereocenters. The lowest BCUT2D eigenvalue weighted by atomic mass is 9.82. The highest BCUT2D eigenvalue weighted by molar-refractivity contribution is 5.29. The van der Waals surface area contributed by atoms with E-state index in [1.165, 1.54) is 12.0 Å². The topological polar surface area (TPSA) is 34.2 Å². The number of aromatic nitrogens is 1. The lowest BCUT2D eigenvalue weighted by Crippen LogP contribution is -2.29. The van der Waals surface area contributed by atoms with Gasteiger partial charge in [0.2, 0.25) is 0 Å². The Bertz CT molecular complexity index is 371. The van der Waals surface area contributed by atoms with Gasteiger partial charge in [-0.05, 0) is 44.2 Å². The molecule has 0 aliphatic heterocycles. The summed E-state index contributed by atoms with van der Waals surface area (Å²) in [7, 11) is 1.95. The molecule has 100 valence electrons. The Morgan fingerprint density at radius 1 is 1.28 bits per heavy atom. The van der Waals surface area contributed by atoms with E-state index in [2.05, 4.69) is 24.1 Å². The summed E-state index contributed by atoms with van der Waals surface area (Å²) in [6.07, 6.45) is 7.68. The van der Waals surface area contributed by atoms with Crippen LogP contribution in [0.3, 0.4) is 0 Å². The molecule has 2 rings (SSSR count). The lowest BCUT2D eigenvalue weighted by molar-refractivity contribution is 0.0996. The predicted octanol–water partition coefficient (Wildman–Crippen LogP) is 3.00. The van der Waals surface area contributed by atoms with Crippen LogP contribution in [0, 0.1) is 11.8 Å². The maximum absolute atomic E-state index is 6.18. The lowest BCUT2D eigenvalue weighted by Gasteiger charge is -2.32. The minimum atomic E-state index is 0.351. The summed E-state index contributed by atoms with van der Waals surface area (Å²) in [5, 5.41) is 3.17. The summed E-state index contributed by atoms with van der Waals surface area (Å²) >= 11 is 0. The van der Waals surface area contributed by atoms with Gasteiger partial charge < -0.3 is 10.1 Å². The maximum Gasteiger partial charge on any atom is 0.142 e. The number of hydrogen-bond acceptors (Lipinski definition) is 3. The molecule has 3 nitrogen and oxygen atoms in total. The molecule has 2 atom stereocenters. The molecule has 3 heteroatoms. The first kappa shape index (κ1) is 13.3. The van der Waals surface area contributed by atoms with Crippen molar-refractivity contribution < 1.29 is 4.74 Å². The van der Waals surface area contributed by atoms with Gasteiger partial charge in [-0.3, -0.25) is 4.98 Å². The van der Waals surface area contributed by atoms with Crippen LogP contribution in [0.25, 0.3) is 0 Å². The van der Waals surface area contributed by atoms with E-state index in [9.17, 15) is 0 Å². The number of rotatable bonds is 4. The van der Waals surface area contributed by atoms with Crippen LogP contribution in [0.2, 0.25) is 0 Å². The molecule has 18 heavy (non-hydrogen) atoms. The van der Waals surface area contributed by atoms with E-state index in [1.807, 2.05) is 25.5 Å². The van der Waals surface area contributed by atoms with Crippen LogP contribution < -0.4 is 10.1 Å². The van der Waals surface area contributed by atoms with Gasteiger partial charge in [0.05, 0.1) is 12.3 Å². The van der Waals surface area contributed by atoms with Gasteiger partial charge in [0.1, 0.15) is 5.75 Å². The minimum absolute atomic E-state index is 0.351. The van der Waals surface area contributed by atoms with Crippen molar-refractivity contribution in [3.05, 3.63) is 24.0 Å². The summed E-state index contributed by atoms with van der Waals surface area (Å²) in [6.45, 7) is 5.48. The second-order valence-electron chi connectivity index (χ2n) is 5.67. The molecular formula is C15H24N2O. The fraction of sp³-hybridized carbons (Fsp3) is 0.667. The van der Waals surface area contributed by atoms with Crippen molar-refractivity contribution in [3.8, 4) is 5.75 Å². The first-order valence-electron chi connectivity index (χ1n) is 6.93. The fourth-order valence-corrected chi connectivity index (χ4v) is 3.00. The smallest absolute Gasteiger partial charge is 0.142 e. The van der Waals surface area contributed by atoms with Gasteiger partial charge in [0.15, 0.2) is 0 Å². The third-order valence-corrected chi connectivity index (χ3v) is 3.67. The average Bonchev–Trinajstić information content (AvgIpc) is 2.30. The molecule has 1 aromatic heterocycles. The predicted molar refractivity (Wildman–Crippen MR) is 73.6 cm³/mol. The normalized spacial score (nSPS) is 28.1. The van der Waals surface area contributed by atoms with Gasteiger partial charge in [-0.1, -0.05) is 13.8 Å². The monoisotopic (exact) mass is 248 g/mol. The zero-order chi connectivity index (χ0) is 13.0. The zero-order valence-corrected chi connectivity index (χ0v) is 11.6. The standard InChI is InChI=1S/C15H24N2O/c1-11-6-12(2)8-14(7-11)18-15-10-17-5-4-13(15)9-16-3/h4-5,10-12,14,16H,6-9H2,1-3H3. The van der Waals surface area contributed by atoms with Crippen molar-refractivity contribution in [2.45, 2.75) is 45.8 Å². The summed E-state index contributed by atoms with van der Waals surface area (Å²) in [6, 6.07) is 2.03. The van der Waals surface area contributed by atoms with Crippen LogP contribution in [0.4, 0.5) is 0 Å². The van der Waals surface area contributed by atoms with E-state index in [4.69, 9.17) is 4.74 Å². The van der Waals surface area contributed by atoms with Gasteiger partial charge >= 0.3 is 0 Å². The van der Waals surface area contributed by atoms with Crippen molar-refractivity contribution in [1.29, 1.82) is 0 Å². The third-order valence-electron chi connectivity index (χ3n) is 3.67. The highest BCUT2D eigenvalue weighted by Crippen LogP contribution is 2.31. The number of pyridine rings is 1. The molecule has 1 fully saturated rings. The van der Waals surface area contributed by atoms with Crippen molar-refractivity contribution in [2.75, 3.05) is 7.05 Å². The Labute approximate surface area is 110 Å². The number of nitrogens with zero attached hydrogens (tertiary/aromatic N) is 1. The van der Waals surface area contributed by atoms with Gasteiger partial charge in [-0.2, -0.15) is 0 Å². The molecule has 1 heterocycles. The SMILES string of the molecule is CNCc1ccncc1OC1CC(C)CC(C)C1. The zero-order valence-electron chi connectivity index (χ0n) is 11.6. The molecular weight excluding hydrogens is 224 g/mol. The second-order valence-corrected chi connectivity index (χ2v) is 5.67. The average molecular weight is 248 g/mol. The van der Waals surface area contributed by atoms with E-state index in [-0.39, 0.29) is 0 Å². The number of hydrogen-bond donors (Lipinski definition) is 1. The molecule has 1 saturated carbocycles. The van der Waals surface area contributed by atoms with E-state index in [0.717, 1.165) is 37.0 Å². The first-order chi connectivity index (χ1) is 8.69. The molecule has 0 saturated heterocycles. The van der Waals surface area contributed by atoms with Crippen LogP contribution in [0.15, 0.2) is 18.5 Å². The minimum Gasteiger partial charge on any atom is -0.488 e. The molecule has 1 aliphatic carbocycles. The Morgan fingerprint density at radius 3 is 2.67 bits per heavy atom. The Morgan fingerprint density at radius 2 is 2.00 bits per heavy atom. The van der Waals surface area contributed by atoms with E-state index < -0.39 is 0 Å². The summed E-state index contributed by atoms with van der Waals surface area (Å²) in [5.74, 6) is 2.48. The van der Waals surface area contributed by atoms with Gasteiger partial charge in [-0.15, -0.1) is 0 Å². The van der Waals surface area contributed by atoms with Crippen LogP contribution in [0.1, 0.15) is 38.7 Å². The quantitative estimate of drug-likeness (QED) is 0.889. The highest BCUT2D eigenvalue weighted by Gasteiger charge is 2.25. The van der Waals surface area contributed by atoms with E-state index in [1.54, 1.807) is 0 Å². The van der Waals surface area contributed by atoms with Crippen LogP contribution in [-0.2, 0) is 6.54 Å². The van der Waals surface area contributed by atoms with Gasteiger partial charge in [0, 0.05) is 18.3 Å². The van der Waals surface area contributed by atoms with Gasteiger partial charge in [0.25, 0.3) is 0 Å². The van der Waals surface area contributed by atoms with Crippen LogP contribution >= 0.6 is 0 Å². The number of ether oxygens (including phenoxy) is 1.